The Kier molecular flexibility index (Phi) is 6.04. The SMILES string of the molecule is CCOc1ccc(C(C2Sc3nc(C)nn3C2=O)N2CC(C)OC(C)C2)cc1OC. The second kappa shape index (κ2) is 8.56. The van der Waals surface area contributed by atoms with Crippen LogP contribution in [0.15, 0.2) is 23.4 Å². The van der Waals surface area contributed by atoms with Gasteiger partial charge in [0.25, 0.3) is 5.91 Å². The van der Waals surface area contributed by atoms with Gasteiger partial charge in [-0.1, -0.05) is 17.8 Å². The lowest BCUT2D eigenvalue weighted by Crippen LogP contribution is -2.50. The summed E-state index contributed by atoms with van der Waals surface area (Å²) in [7, 11) is 1.63. The smallest absolute Gasteiger partial charge is 0.264 e. The number of aromatic nitrogens is 3. The van der Waals surface area contributed by atoms with Gasteiger partial charge in [0.1, 0.15) is 11.1 Å². The quantitative estimate of drug-likeness (QED) is 0.689. The maximum Gasteiger partial charge on any atom is 0.264 e. The van der Waals surface area contributed by atoms with Crippen molar-refractivity contribution < 1.29 is 19.0 Å². The molecule has 0 N–H and O–H groups in total. The maximum absolute atomic E-state index is 13.3. The van der Waals surface area contributed by atoms with E-state index in [9.17, 15) is 4.79 Å². The number of carbonyl (C=O) groups excluding carboxylic acids is 1. The molecule has 0 radical (unpaired) electrons. The van der Waals surface area contributed by atoms with Crippen LogP contribution in [0.2, 0.25) is 0 Å². The number of benzene rings is 1. The lowest BCUT2D eigenvalue weighted by molar-refractivity contribution is -0.0804. The van der Waals surface area contributed by atoms with Crippen LogP contribution in [0, 0.1) is 6.92 Å². The van der Waals surface area contributed by atoms with Crippen molar-refractivity contribution in [3.63, 3.8) is 0 Å². The summed E-state index contributed by atoms with van der Waals surface area (Å²) >= 11 is 1.48. The fourth-order valence-corrected chi connectivity index (χ4v) is 5.57. The molecule has 0 bridgehead atoms. The Balaban J connectivity index is 1.73. The molecule has 1 fully saturated rings. The lowest BCUT2D eigenvalue weighted by Gasteiger charge is -2.41. The van der Waals surface area contributed by atoms with Crippen LogP contribution in [0.25, 0.3) is 0 Å². The number of fused-ring (bicyclic) bond motifs is 1. The summed E-state index contributed by atoms with van der Waals surface area (Å²) < 4.78 is 18.6. The van der Waals surface area contributed by atoms with Crippen molar-refractivity contribution in [1.82, 2.24) is 19.7 Å². The molecule has 0 amide bonds. The minimum atomic E-state index is -0.347. The monoisotopic (exact) mass is 432 g/mol. The first-order chi connectivity index (χ1) is 14.4. The van der Waals surface area contributed by atoms with Gasteiger partial charge in [0.05, 0.1) is 32.0 Å². The number of methoxy groups -OCH3 is 1. The van der Waals surface area contributed by atoms with Gasteiger partial charge in [-0.05, 0) is 45.4 Å². The minimum Gasteiger partial charge on any atom is -0.493 e. The average molecular weight is 433 g/mol. The van der Waals surface area contributed by atoms with E-state index in [0.29, 0.717) is 29.1 Å². The van der Waals surface area contributed by atoms with Gasteiger partial charge >= 0.3 is 0 Å². The highest BCUT2D eigenvalue weighted by atomic mass is 32.2. The zero-order chi connectivity index (χ0) is 21.4. The minimum absolute atomic E-state index is 0.0414. The predicted molar refractivity (Wildman–Crippen MR) is 114 cm³/mol. The van der Waals surface area contributed by atoms with E-state index in [1.165, 1.54) is 16.4 Å². The van der Waals surface area contributed by atoms with Crippen molar-refractivity contribution in [3.8, 4) is 11.5 Å². The van der Waals surface area contributed by atoms with Gasteiger partial charge in [0.2, 0.25) is 0 Å². The molecule has 4 unspecified atom stereocenters. The molecule has 4 atom stereocenters. The first-order valence-electron chi connectivity index (χ1n) is 10.3. The second-order valence-corrected chi connectivity index (χ2v) is 8.84. The standard InChI is InChI=1S/C21H28N4O4S/c1-6-28-16-8-7-15(9-17(16)27-5)18(24-10-12(2)29-13(3)11-24)19-20(26)25-21(30-19)22-14(4)23-25/h7-9,12-13,18-19H,6,10-11H2,1-5H3. The fraction of sp³-hybridized carbons (Fsp3) is 0.571. The third-order valence-electron chi connectivity index (χ3n) is 5.32. The summed E-state index contributed by atoms with van der Waals surface area (Å²) in [5, 5.41) is 4.60. The Morgan fingerprint density at radius 3 is 2.63 bits per heavy atom. The Morgan fingerprint density at radius 1 is 1.27 bits per heavy atom. The molecule has 3 heterocycles. The normalized spacial score (nSPS) is 25.2. The van der Waals surface area contributed by atoms with E-state index in [-0.39, 0.29) is 29.4 Å². The molecule has 0 saturated carbocycles. The summed E-state index contributed by atoms with van der Waals surface area (Å²) in [5.41, 5.74) is 1.00. The largest absolute Gasteiger partial charge is 0.493 e. The van der Waals surface area contributed by atoms with E-state index >= 15 is 0 Å². The Labute approximate surface area is 180 Å². The van der Waals surface area contributed by atoms with Crippen molar-refractivity contribution in [2.75, 3.05) is 26.8 Å². The molecule has 2 aromatic rings. The number of hydrogen-bond donors (Lipinski definition) is 0. The van der Waals surface area contributed by atoms with Crippen LogP contribution < -0.4 is 9.47 Å². The number of rotatable bonds is 6. The maximum atomic E-state index is 13.3. The summed E-state index contributed by atoms with van der Waals surface area (Å²) in [5.74, 6) is 1.93. The highest BCUT2D eigenvalue weighted by molar-refractivity contribution is 8.00. The van der Waals surface area contributed by atoms with E-state index in [2.05, 4.69) is 28.8 Å². The highest BCUT2D eigenvalue weighted by Gasteiger charge is 2.44. The van der Waals surface area contributed by atoms with Gasteiger partial charge in [0, 0.05) is 13.1 Å². The van der Waals surface area contributed by atoms with E-state index in [4.69, 9.17) is 14.2 Å². The van der Waals surface area contributed by atoms with Crippen LogP contribution >= 0.6 is 11.8 Å². The molecule has 9 heteroatoms. The van der Waals surface area contributed by atoms with Gasteiger partial charge in [-0.2, -0.15) is 4.68 Å². The van der Waals surface area contributed by atoms with E-state index in [1.807, 2.05) is 25.1 Å². The molecular formula is C21H28N4O4S. The molecule has 1 aromatic heterocycles. The van der Waals surface area contributed by atoms with Crippen LogP contribution in [-0.4, -0.2) is 69.8 Å². The zero-order valence-electron chi connectivity index (χ0n) is 18.0. The summed E-state index contributed by atoms with van der Waals surface area (Å²) in [6, 6.07) is 5.76. The molecule has 2 aliphatic rings. The van der Waals surface area contributed by atoms with Gasteiger partial charge in [-0.25, -0.2) is 4.98 Å². The van der Waals surface area contributed by atoms with Gasteiger partial charge in [-0.3, -0.25) is 9.69 Å². The molecule has 162 valence electrons. The summed E-state index contributed by atoms with van der Waals surface area (Å²) in [6.45, 7) is 9.91. The molecule has 30 heavy (non-hydrogen) atoms. The van der Waals surface area contributed by atoms with Crippen molar-refractivity contribution in [1.29, 1.82) is 0 Å². The molecule has 8 nitrogen and oxygen atoms in total. The number of aryl methyl sites for hydroxylation is 1. The Bertz CT molecular complexity index is 924. The number of ether oxygens (including phenoxy) is 3. The predicted octanol–water partition coefficient (Wildman–Crippen LogP) is 2.96. The molecule has 1 saturated heterocycles. The second-order valence-electron chi connectivity index (χ2n) is 7.73. The van der Waals surface area contributed by atoms with Crippen LogP contribution in [0.3, 0.4) is 0 Å². The topological polar surface area (TPSA) is 78.7 Å². The molecule has 0 aliphatic carbocycles. The number of thioether (sulfide) groups is 1. The molecule has 0 spiro atoms. The van der Waals surface area contributed by atoms with Crippen LogP contribution in [0.5, 0.6) is 11.5 Å². The third kappa shape index (κ3) is 3.93. The highest BCUT2D eigenvalue weighted by Crippen LogP contribution is 2.43. The summed E-state index contributed by atoms with van der Waals surface area (Å²) in [4.78, 5) is 20.0. The van der Waals surface area contributed by atoms with E-state index in [1.54, 1.807) is 14.0 Å². The first kappa shape index (κ1) is 21.1. The van der Waals surface area contributed by atoms with Crippen molar-refractivity contribution in [2.45, 2.75) is 56.4 Å². The molecule has 4 rings (SSSR count). The average Bonchev–Trinajstić information content (AvgIpc) is 3.20. The molecule has 2 aliphatic heterocycles. The van der Waals surface area contributed by atoms with Gasteiger partial charge < -0.3 is 14.2 Å². The van der Waals surface area contributed by atoms with Gasteiger partial charge in [0.15, 0.2) is 16.7 Å². The van der Waals surface area contributed by atoms with E-state index < -0.39 is 0 Å². The zero-order valence-corrected chi connectivity index (χ0v) is 18.8. The first-order valence-corrected chi connectivity index (χ1v) is 11.1. The Morgan fingerprint density at radius 2 is 2.00 bits per heavy atom. The van der Waals surface area contributed by atoms with Crippen LogP contribution in [0.4, 0.5) is 0 Å². The van der Waals surface area contributed by atoms with Crippen LogP contribution in [0.1, 0.15) is 43.0 Å². The third-order valence-corrected chi connectivity index (χ3v) is 6.51. The molecular weight excluding hydrogens is 404 g/mol. The lowest BCUT2D eigenvalue weighted by atomic mass is 9.98. The fourth-order valence-electron chi connectivity index (χ4n) is 4.26. The number of nitrogens with zero attached hydrogens (tertiary/aromatic N) is 4. The van der Waals surface area contributed by atoms with E-state index in [0.717, 1.165) is 18.7 Å². The number of morpholine rings is 1. The van der Waals surface area contributed by atoms with Crippen LogP contribution in [-0.2, 0) is 4.74 Å². The number of hydrogen-bond acceptors (Lipinski definition) is 8. The van der Waals surface area contributed by atoms with Crippen molar-refractivity contribution in [3.05, 3.63) is 29.6 Å². The Hall–Kier alpha value is -2.10. The molecule has 1 aromatic carbocycles. The van der Waals surface area contributed by atoms with Crippen molar-refractivity contribution >= 4 is 17.7 Å². The van der Waals surface area contributed by atoms with Gasteiger partial charge in [-0.15, -0.1) is 5.10 Å². The number of carbonyl (C=O) groups is 1. The summed E-state index contributed by atoms with van der Waals surface area (Å²) in [6.07, 6.45) is 0.166. The van der Waals surface area contributed by atoms with Crippen molar-refractivity contribution in [2.24, 2.45) is 0 Å².